The van der Waals surface area contributed by atoms with Crippen molar-refractivity contribution in [1.82, 2.24) is 5.32 Å². The molecule has 0 fully saturated rings. The number of carbonyl (C=O) groups is 1. The molecule has 1 aliphatic carbocycles. The van der Waals surface area contributed by atoms with Gasteiger partial charge in [0.1, 0.15) is 6.61 Å². The lowest BCUT2D eigenvalue weighted by Gasteiger charge is -2.14. The number of amides is 1. The number of rotatable bonds is 5. The molecule has 0 heterocycles. The average molecular weight is 415 g/mol. The fraction of sp³-hybridized carbons (Fsp3) is 0.120. The summed E-state index contributed by atoms with van der Waals surface area (Å²) in [6.45, 7) is 0.560. The number of alkyl carbamates (subject to hydrolysis) is 1. The number of hydrogen-bond donors (Lipinski definition) is 1. The summed E-state index contributed by atoms with van der Waals surface area (Å²) in [4.78, 5) is 12.2. The number of benzene rings is 3. The van der Waals surface area contributed by atoms with E-state index in [-0.39, 0.29) is 19.1 Å². The Labute approximate surface area is 180 Å². The summed E-state index contributed by atoms with van der Waals surface area (Å²) in [6, 6.07) is 23.6. The second-order valence-corrected chi connectivity index (χ2v) is 7.39. The van der Waals surface area contributed by atoms with Crippen molar-refractivity contribution < 1.29 is 9.53 Å². The fourth-order valence-electron chi connectivity index (χ4n) is 3.75. The molecule has 0 spiro atoms. The molecule has 0 aromatic heterocycles. The van der Waals surface area contributed by atoms with Crippen molar-refractivity contribution in [2.24, 2.45) is 0 Å². The van der Waals surface area contributed by atoms with Crippen LogP contribution < -0.4 is 5.32 Å². The third kappa shape index (κ3) is 4.07. The highest BCUT2D eigenvalue weighted by molar-refractivity contribution is 6.30. The maximum absolute atomic E-state index is 12.2. The molecule has 3 aromatic rings. The maximum Gasteiger partial charge on any atom is 0.407 e. The van der Waals surface area contributed by atoms with Gasteiger partial charge in [-0.05, 0) is 46.0 Å². The van der Waals surface area contributed by atoms with E-state index in [0.29, 0.717) is 16.1 Å². The Hall–Kier alpha value is -3.55. The van der Waals surface area contributed by atoms with Gasteiger partial charge in [0.2, 0.25) is 0 Å². The minimum Gasteiger partial charge on any atom is -0.449 e. The van der Waals surface area contributed by atoms with E-state index in [1.54, 1.807) is 30.4 Å². The van der Waals surface area contributed by atoms with Gasteiger partial charge in [0.25, 0.3) is 0 Å². The van der Waals surface area contributed by atoms with Crippen LogP contribution in [0.3, 0.4) is 0 Å². The first kappa shape index (κ1) is 19.8. The minimum absolute atomic E-state index is 0.0309. The molecule has 0 aliphatic heterocycles. The van der Waals surface area contributed by atoms with E-state index in [9.17, 15) is 4.79 Å². The molecule has 3 aromatic carbocycles. The van der Waals surface area contributed by atoms with Crippen LogP contribution in [0.5, 0.6) is 0 Å². The zero-order valence-electron chi connectivity index (χ0n) is 16.1. The van der Waals surface area contributed by atoms with Crippen LogP contribution in [0.25, 0.3) is 17.2 Å². The number of nitrogens with one attached hydrogen (secondary N) is 1. The Balaban J connectivity index is 1.35. The van der Waals surface area contributed by atoms with Gasteiger partial charge in [-0.15, -0.1) is 0 Å². The number of carbonyl (C=O) groups excluding carboxylic acids is 1. The van der Waals surface area contributed by atoms with Crippen molar-refractivity contribution in [3.05, 3.63) is 100 Å². The van der Waals surface area contributed by atoms with Crippen LogP contribution >= 0.6 is 11.6 Å². The van der Waals surface area contributed by atoms with E-state index in [4.69, 9.17) is 21.6 Å². The van der Waals surface area contributed by atoms with Crippen LogP contribution in [0.4, 0.5) is 4.79 Å². The van der Waals surface area contributed by atoms with E-state index >= 15 is 0 Å². The highest BCUT2D eigenvalue weighted by Gasteiger charge is 2.28. The molecular weight excluding hydrogens is 396 g/mol. The van der Waals surface area contributed by atoms with Crippen molar-refractivity contribution >= 4 is 23.8 Å². The topological polar surface area (TPSA) is 62.1 Å². The lowest BCUT2D eigenvalue weighted by molar-refractivity contribution is 0.144. The molecule has 30 heavy (non-hydrogen) atoms. The second kappa shape index (κ2) is 8.86. The smallest absolute Gasteiger partial charge is 0.407 e. The summed E-state index contributed by atoms with van der Waals surface area (Å²) in [5.41, 5.74) is 5.98. The first-order valence-corrected chi connectivity index (χ1v) is 10.00. The number of nitrogens with zero attached hydrogens (tertiary/aromatic N) is 1. The largest absolute Gasteiger partial charge is 0.449 e. The fourth-order valence-corrected chi connectivity index (χ4v) is 3.93. The average Bonchev–Trinajstić information content (AvgIpc) is 3.09. The van der Waals surface area contributed by atoms with Crippen molar-refractivity contribution in [1.29, 1.82) is 5.26 Å². The molecule has 4 nitrogen and oxygen atoms in total. The van der Waals surface area contributed by atoms with Gasteiger partial charge in [-0.1, -0.05) is 72.3 Å². The molecule has 1 amide bonds. The molecule has 0 saturated carbocycles. The van der Waals surface area contributed by atoms with Gasteiger partial charge in [-0.2, -0.15) is 5.26 Å². The molecule has 5 heteroatoms. The van der Waals surface area contributed by atoms with Gasteiger partial charge in [-0.25, -0.2) is 4.79 Å². The Morgan fingerprint density at radius 3 is 2.40 bits per heavy atom. The number of halogens is 1. The van der Waals surface area contributed by atoms with Gasteiger partial charge >= 0.3 is 6.09 Å². The molecule has 4 rings (SSSR count). The number of ether oxygens (including phenoxy) is 1. The second-order valence-electron chi connectivity index (χ2n) is 6.95. The number of hydrogen-bond acceptors (Lipinski definition) is 3. The van der Waals surface area contributed by atoms with Gasteiger partial charge in [0.15, 0.2) is 0 Å². The first-order chi connectivity index (χ1) is 14.7. The van der Waals surface area contributed by atoms with Crippen LogP contribution in [-0.2, 0) is 4.74 Å². The maximum atomic E-state index is 12.2. The molecule has 0 saturated heterocycles. The van der Waals surface area contributed by atoms with Crippen LogP contribution in [-0.4, -0.2) is 19.2 Å². The van der Waals surface area contributed by atoms with Crippen LogP contribution in [0, 0.1) is 11.3 Å². The predicted octanol–water partition coefficient (Wildman–Crippen LogP) is 5.76. The summed E-state index contributed by atoms with van der Waals surface area (Å²) in [7, 11) is 0. The van der Waals surface area contributed by atoms with Gasteiger partial charge < -0.3 is 10.1 Å². The molecular formula is C25H19ClN2O2. The van der Waals surface area contributed by atoms with E-state index < -0.39 is 6.09 Å². The summed E-state index contributed by atoms with van der Waals surface area (Å²) < 4.78 is 5.50. The summed E-state index contributed by atoms with van der Waals surface area (Å²) in [6.07, 6.45) is 3.04. The van der Waals surface area contributed by atoms with Crippen LogP contribution in [0.1, 0.15) is 28.2 Å². The molecule has 0 bridgehead atoms. The number of fused-ring (bicyclic) bond motifs is 3. The van der Waals surface area contributed by atoms with E-state index in [2.05, 4.69) is 35.7 Å². The highest BCUT2D eigenvalue weighted by atomic mass is 35.5. The minimum atomic E-state index is -0.479. The van der Waals surface area contributed by atoms with Crippen molar-refractivity contribution in [2.45, 2.75) is 5.92 Å². The molecule has 1 N–H and O–H groups in total. The normalized spacial score (nSPS) is 12.3. The molecule has 0 unspecified atom stereocenters. The third-order valence-electron chi connectivity index (χ3n) is 5.14. The van der Waals surface area contributed by atoms with Crippen LogP contribution in [0.15, 0.2) is 72.8 Å². The summed E-state index contributed by atoms with van der Waals surface area (Å²) in [5, 5.41) is 12.4. The van der Waals surface area contributed by atoms with Crippen LogP contribution in [0.2, 0.25) is 5.02 Å². The van der Waals surface area contributed by atoms with Gasteiger partial charge in [-0.3, -0.25) is 0 Å². The zero-order valence-corrected chi connectivity index (χ0v) is 16.9. The standard InChI is InChI=1S/C25H19ClN2O2/c26-19-12-11-18(15-27)17(14-19)6-5-13-28-25(29)30-16-24-22-9-3-1-7-20(22)21-8-2-4-10-23(21)24/h1-12,14,24H,13,16H2,(H,28,29). The Bertz CT molecular complexity index is 1120. The predicted molar refractivity (Wildman–Crippen MR) is 118 cm³/mol. The Morgan fingerprint density at radius 2 is 1.73 bits per heavy atom. The Morgan fingerprint density at radius 1 is 1.07 bits per heavy atom. The third-order valence-corrected chi connectivity index (χ3v) is 5.37. The number of nitriles is 1. The summed E-state index contributed by atoms with van der Waals surface area (Å²) in [5.74, 6) is 0.0309. The first-order valence-electron chi connectivity index (χ1n) is 9.62. The molecule has 1 aliphatic rings. The zero-order chi connectivity index (χ0) is 20.9. The monoisotopic (exact) mass is 414 g/mol. The lowest BCUT2D eigenvalue weighted by atomic mass is 9.98. The van der Waals surface area contributed by atoms with Gasteiger partial charge in [0.05, 0.1) is 11.6 Å². The lowest BCUT2D eigenvalue weighted by Crippen LogP contribution is -2.26. The van der Waals surface area contributed by atoms with Gasteiger partial charge in [0, 0.05) is 17.5 Å². The summed E-state index contributed by atoms with van der Waals surface area (Å²) >= 11 is 5.98. The molecule has 0 atom stereocenters. The highest BCUT2D eigenvalue weighted by Crippen LogP contribution is 2.44. The van der Waals surface area contributed by atoms with Crippen molar-refractivity contribution in [3.63, 3.8) is 0 Å². The Kier molecular flexibility index (Phi) is 5.83. The van der Waals surface area contributed by atoms with E-state index in [1.165, 1.54) is 22.3 Å². The molecule has 148 valence electrons. The molecule has 0 radical (unpaired) electrons. The SMILES string of the molecule is N#Cc1ccc(Cl)cc1C=CCNC(=O)OCC1c2ccccc2-c2ccccc21. The van der Waals surface area contributed by atoms with Crippen molar-refractivity contribution in [3.8, 4) is 17.2 Å². The van der Waals surface area contributed by atoms with E-state index in [0.717, 1.165) is 0 Å². The van der Waals surface area contributed by atoms with E-state index in [1.807, 2.05) is 24.3 Å². The quantitative estimate of drug-likeness (QED) is 0.577. The van der Waals surface area contributed by atoms with Crippen molar-refractivity contribution in [2.75, 3.05) is 13.2 Å².